The summed E-state index contributed by atoms with van der Waals surface area (Å²) in [5, 5.41) is 8.34. The van der Waals surface area contributed by atoms with Crippen molar-refractivity contribution in [2.45, 2.75) is 0 Å². The van der Waals surface area contributed by atoms with E-state index >= 15 is 0 Å². The summed E-state index contributed by atoms with van der Waals surface area (Å²) in [4.78, 5) is 21.2. The van der Waals surface area contributed by atoms with Gasteiger partial charge in [-0.05, 0) is 36.4 Å². The Kier molecular flexibility index (Phi) is 4.32. The van der Waals surface area contributed by atoms with Gasteiger partial charge in [-0.1, -0.05) is 0 Å². The number of H-pyrrole nitrogens is 2. The Morgan fingerprint density at radius 2 is 1.85 bits per heavy atom. The number of benzene rings is 1. The Morgan fingerprint density at radius 3 is 2.70 bits per heavy atom. The molecule has 9 heteroatoms. The molecule has 160 valence electrons. The van der Waals surface area contributed by atoms with Gasteiger partial charge in [0, 0.05) is 41.2 Å². The quantitative estimate of drug-likeness (QED) is 0.411. The number of methoxy groups -OCH3 is 1. The van der Waals surface area contributed by atoms with Gasteiger partial charge in [-0.25, -0.2) is 9.37 Å². The Bertz CT molecular complexity index is 1620. The van der Waals surface area contributed by atoms with Gasteiger partial charge in [0.1, 0.15) is 22.8 Å². The van der Waals surface area contributed by atoms with Crippen molar-refractivity contribution in [3.8, 4) is 39.8 Å². The number of fused-ring (bicyclic) bond motifs is 2. The predicted octanol–water partition coefficient (Wildman–Crippen LogP) is 4.77. The summed E-state index contributed by atoms with van der Waals surface area (Å²) in [6.45, 7) is 0. The average Bonchev–Trinajstić information content (AvgIpc) is 3.47. The van der Waals surface area contributed by atoms with E-state index in [4.69, 9.17) is 9.72 Å². The van der Waals surface area contributed by atoms with Crippen molar-refractivity contribution in [1.82, 2.24) is 35.1 Å². The Labute approximate surface area is 186 Å². The van der Waals surface area contributed by atoms with Crippen LogP contribution in [0, 0.1) is 5.82 Å². The summed E-state index contributed by atoms with van der Waals surface area (Å²) in [5.41, 5.74) is 5.61. The number of halogens is 1. The topological polar surface area (TPSA) is 105 Å². The zero-order valence-electron chi connectivity index (χ0n) is 17.4. The largest absolute Gasteiger partial charge is 0.497 e. The van der Waals surface area contributed by atoms with E-state index in [-0.39, 0.29) is 0 Å². The fourth-order valence-corrected chi connectivity index (χ4v) is 3.85. The number of nitrogens with zero attached hydrogens (tertiary/aromatic N) is 5. The van der Waals surface area contributed by atoms with Crippen LogP contribution in [0.2, 0.25) is 0 Å². The second-order valence-corrected chi connectivity index (χ2v) is 7.45. The molecule has 0 bridgehead atoms. The van der Waals surface area contributed by atoms with Gasteiger partial charge in [0.05, 0.1) is 35.7 Å². The molecule has 0 radical (unpaired) electrons. The van der Waals surface area contributed by atoms with Crippen LogP contribution in [-0.4, -0.2) is 42.2 Å². The summed E-state index contributed by atoms with van der Waals surface area (Å²) in [6.07, 6.45) is 6.88. The van der Waals surface area contributed by atoms with E-state index in [1.165, 1.54) is 19.2 Å². The van der Waals surface area contributed by atoms with Crippen molar-refractivity contribution in [2.75, 3.05) is 7.11 Å². The summed E-state index contributed by atoms with van der Waals surface area (Å²) in [5.74, 6) is 0.568. The van der Waals surface area contributed by atoms with Crippen LogP contribution >= 0.6 is 0 Å². The smallest absolute Gasteiger partial charge is 0.159 e. The Balaban J connectivity index is 1.50. The van der Waals surface area contributed by atoms with E-state index in [0.29, 0.717) is 34.0 Å². The molecule has 1 aromatic carbocycles. The van der Waals surface area contributed by atoms with Crippen LogP contribution < -0.4 is 4.74 Å². The third-order valence-electron chi connectivity index (χ3n) is 5.41. The normalized spacial score (nSPS) is 11.3. The molecule has 6 aromatic rings. The van der Waals surface area contributed by atoms with Crippen molar-refractivity contribution >= 4 is 21.9 Å². The van der Waals surface area contributed by atoms with Gasteiger partial charge < -0.3 is 9.72 Å². The first-order valence-corrected chi connectivity index (χ1v) is 10.1. The molecule has 0 spiro atoms. The Hall–Kier alpha value is -4.66. The third kappa shape index (κ3) is 3.26. The minimum atomic E-state index is -0.410. The van der Waals surface area contributed by atoms with E-state index in [1.54, 1.807) is 30.9 Å². The van der Waals surface area contributed by atoms with Gasteiger partial charge in [0.15, 0.2) is 5.82 Å². The maximum absolute atomic E-state index is 14.1. The molecule has 8 nitrogen and oxygen atoms in total. The monoisotopic (exact) mass is 437 g/mol. The number of aromatic nitrogens is 7. The van der Waals surface area contributed by atoms with E-state index in [2.05, 4.69) is 30.1 Å². The van der Waals surface area contributed by atoms with Crippen LogP contribution in [-0.2, 0) is 0 Å². The molecule has 0 aliphatic rings. The van der Waals surface area contributed by atoms with Crippen LogP contribution in [0.15, 0.2) is 67.3 Å². The summed E-state index contributed by atoms with van der Waals surface area (Å²) in [7, 11) is 1.50. The average molecular weight is 437 g/mol. The molecule has 0 fully saturated rings. The zero-order chi connectivity index (χ0) is 22.4. The highest BCUT2D eigenvalue weighted by Crippen LogP contribution is 2.32. The highest BCUT2D eigenvalue weighted by molar-refractivity contribution is 5.96. The van der Waals surface area contributed by atoms with Gasteiger partial charge >= 0.3 is 0 Å². The molecule has 0 saturated heterocycles. The lowest BCUT2D eigenvalue weighted by Gasteiger charge is -2.05. The lowest BCUT2D eigenvalue weighted by Crippen LogP contribution is -1.90. The van der Waals surface area contributed by atoms with Crippen molar-refractivity contribution in [3.05, 3.63) is 73.1 Å². The highest BCUT2D eigenvalue weighted by Gasteiger charge is 2.17. The summed E-state index contributed by atoms with van der Waals surface area (Å²) >= 11 is 0. The molecule has 0 amide bonds. The SMILES string of the molecule is COc1cc(F)cc(-c2nccc3[nH]c(-c4n[nH]c5cnc(-c6cccnc6)cc45)nc23)c1. The van der Waals surface area contributed by atoms with Crippen molar-refractivity contribution < 1.29 is 9.13 Å². The van der Waals surface area contributed by atoms with Gasteiger partial charge in [0.25, 0.3) is 0 Å². The fraction of sp³-hybridized carbons (Fsp3) is 0.0417. The fourth-order valence-electron chi connectivity index (χ4n) is 3.85. The molecule has 6 rings (SSSR count). The Morgan fingerprint density at radius 1 is 0.909 bits per heavy atom. The molecule has 5 aromatic heterocycles. The summed E-state index contributed by atoms with van der Waals surface area (Å²) in [6, 6.07) is 12.1. The molecule has 0 saturated carbocycles. The van der Waals surface area contributed by atoms with Gasteiger partial charge in [-0.2, -0.15) is 5.10 Å². The molecular weight excluding hydrogens is 421 g/mol. The first-order chi connectivity index (χ1) is 16.2. The van der Waals surface area contributed by atoms with Gasteiger partial charge in [0.2, 0.25) is 0 Å². The van der Waals surface area contributed by atoms with Crippen molar-refractivity contribution in [1.29, 1.82) is 0 Å². The number of hydrogen-bond donors (Lipinski definition) is 2. The first kappa shape index (κ1) is 19.1. The number of ether oxygens (including phenoxy) is 1. The minimum Gasteiger partial charge on any atom is -0.497 e. The van der Waals surface area contributed by atoms with Crippen LogP contribution in [0.4, 0.5) is 4.39 Å². The number of rotatable bonds is 4. The molecule has 0 atom stereocenters. The zero-order valence-corrected chi connectivity index (χ0v) is 17.4. The number of imidazole rings is 1. The predicted molar refractivity (Wildman–Crippen MR) is 122 cm³/mol. The molecule has 0 unspecified atom stereocenters. The highest BCUT2D eigenvalue weighted by atomic mass is 19.1. The molecule has 2 N–H and O–H groups in total. The lowest BCUT2D eigenvalue weighted by molar-refractivity contribution is 0.411. The number of hydrogen-bond acceptors (Lipinski definition) is 6. The molecule has 0 aliphatic heterocycles. The second kappa shape index (κ2) is 7.49. The number of nitrogens with one attached hydrogen (secondary N) is 2. The maximum Gasteiger partial charge on any atom is 0.159 e. The lowest BCUT2D eigenvalue weighted by atomic mass is 10.1. The van der Waals surface area contributed by atoms with Crippen molar-refractivity contribution in [3.63, 3.8) is 0 Å². The van der Waals surface area contributed by atoms with Gasteiger partial charge in [-0.15, -0.1) is 0 Å². The summed E-state index contributed by atoms with van der Waals surface area (Å²) < 4.78 is 19.3. The van der Waals surface area contributed by atoms with E-state index in [0.717, 1.165) is 27.7 Å². The minimum absolute atomic E-state index is 0.410. The molecular formula is C24H16FN7O. The van der Waals surface area contributed by atoms with Crippen LogP contribution in [0.1, 0.15) is 0 Å². The third-order valence-corrected chi connectivity index (χ3v) is 5.41. The van der Waals surface area contributed by atoms with Crippen molar-refractivity contribution in [2.24, 2.45) is 0 Å². The van der Waals surface area contributed by atoms with Gasteiger partial charge in [-0.3, -0.25) is 20.1 Å². The van der Waals surface area contributed by atoms with E-state index in [1.807, 2.05) is 24.3 Å². The molecule has 33 heavy (non-hydrogen) atoms. The molecule has 5 heterocycles. The second-order valence-electron chi connectivity index (χ2n) is 7.45. The number of aromatic amines is 2. The van der Waals surface area contributed by atoms with Crippen LogP contribution in [0.3, 0.4) is 0 Å². The standard InChI is InChI=1S/C24H16FN7O/c1-33-16-8-14(7-15(25)9-16)21-23-18(4-6-27-21)29-24(30-23)22-17-10-19(13-3-2-5-26-11-13)28-12-20(17)31-32-22/h2-12H,1H3,(H,29,30)(H,31,32). The van der Waals surface area contributed by atoms with E-state index < -0.39 is 5.82 Å². The van der Waals surface area contributed by atoms with Crippen LogP contribution in [0.25, 0.3) is 56.0 Å². The first-order valence-electron chi connectivity index (χ1n) is 10.1. The number of pyridine rings is 3. The molecule has 0 aliphatic carbocycles. The van der Waals surface area contributed by atoms with Crippen LogP contribution in [0.5, 0.6) is 5.75 Å². The van der Waals surface area contributed by atoms with E-state index in [9.17, 15) is 4.39 Å². The maximum atomic E-state index is 14.1.